The smallest absolute Gasteiger partial charge is 0.338 e. The van der Waals surface area contributed by atoms with Crippen LogP contribution in [-0.4, -0.2) is 29.7 Å². The van der Waals surface area contributed by atoms with E-state index < -0.39 is 12.0 Å². The summed E-state index contributed by atoms with van der Waals surface area (Å²) in [5.41, 5.74) is 3.21. The first-order valence-electron chi connectivity index (χ1n) is 13.9. The summed E-state index contributed by atoms with van der Waals surface area (Å²) in [5, 5.41) is 0.428. The lowest BCUT2D eigenvalue weighted by Crippen LogP contribution is -2.40. The summed E-state index contributed by atoms with van der Waals surface area (Å²) in [7, 11) is 0. The Balaban J connectivity index is 1.47. The number of thiazole rings is 1. The van der Waals surface area contributed by atoms with E-state index in [1.165, 1.54) is 15.9 Å². The summed E-state index contributed by atoms with van der Waals surface area (Å²) in [4.78, 5) is 44.1. The van der Waals surface area contributed by atoms with Gasteiger partial charge in [-0.05, 0) is 112 Å². The predicted molar refractivity (Wildman–Crippen MR) is 185 cm³/mol. The third-order valence-electron chi connectivity index (χ3n) is 6.88. The van der Waals surface area contributed by atoms with E-state index in [1.54, 1.807) is 57.2 Å². The molecule has 3 aromatic carbocycles. The third kappa shape index (κ3) is 7.11. The zero-order valence-corrected chi connectivity index (χ0v) is 29.8. The van der Waals surface area contributed by atoms with Crippen LogP contribution < -0.4 is 19.6 Å². The van der Waals surface area contributed by atoms with Crippen LogP contribution in [0.4, 0.5) is 0 Å². The fourth-order valence-electron chi connectivity index (χ4n) is 4.84. The molecule has 1 atom stereocenters. The van der Waals surface area contributed by atoms with Gasteiger partial charge in [0.2, 0.25) is 0 Å². The molecular formula is C33H27BrClIN2O6S. The Morgan fingerprint density at radius 2 is 1.76 bits per heavy atom. The van der Waals surface area contributed by atoms with Crippen LogP contribution in [0.15, 0.2) is 86.2 Å². The van der Waals surface area contributed by atoms with Gasteiger partial charge in [-0.2, -0.15) is 0 Å². The number of esters is 2. The van der Waals surface area contributed by atoms with Gasteiger partial charge in [0.1, 0.15) is 18.4 Å². The first-order valence-corrected chi connectivity index (χ1v) is 17.0. The maximum Gasteiger partial charge on any atom is 0.338 e. The maximum atomic E-state index is 13.9. The van der Waals surface area contributed by atoms with E-state index in [4.69, 9.17) is 25.8 Å². The van der Waals surface area contributed by atoms with Gasteiger partial charge in [0, 0.05) is 5.02 Å². The van der Waals surface area contributed by atoms with Crippen LogP contribution in [-0.2, 0) is 20.9 Å². The summed E-state index contributed by atoms with van der Waals surface area (Å²) >= 11 is 13.6. The standard InChI is InChI=1S/C33H27BrClIN2O6S/c1-4-42-31(40)21-12-10-19(11-13-21)17-44-29-23(34)14-20(15-25(29)36)16-26-30(39)38-28(22-8-6-7-9-24(22)35)27(32(41)43-5-2)18(3)37-33(38)45-26/h6-16,28H,4-5,17H2,1-3H3/b26-16-/t28-/m0/s1. The molecule has 232 valence electrons. The Labute approximate surface area is 290 Å². The van der Waals surface area contributed by atoms with Crippen molar-refractivity contribution >= 4 is 79.5 Å². The normalized spacial score (nSPS) is 14.5. The molecule has 0 bridgehead atoms. The van der Waals surface area contributed by atoms with E-state index in [-0.39, 0.29) is 23.7 Å². The molecule has 0 amide bonds. The molecule has 1 aliphatic rings. The molecule has 1 aromatic heterocycles. The lowest BCUT2D eigenvalue weighted by atomic mass is 9.96. The Bertz CT molecular complexity index is 1980. The van der Waals surface area contributed by atoms with Crippen molar-refractivity contribution in [2.24, 2.45) is 4.99 Å². The maximum absolute atomic E-state index is 13.9. The van der Waals surface area contributed by atoms with E-state index >= 15 is 0 Å². The second kappa shape index (κ2) is 14.4. The van der Waals surface area contributed by atoms with E-state index in [2.05, 4.69) is 43.5 Å². The van der Waals surface area contributed by atoms with Crippen molar-refractivity contribution in [1.82, 2.24) is 4.57 Å². The topological polar surface area (TPSA) is 96.2 Å². The van der Waals surface area contributed by atoms with Crippen molar-refractivity contribution in [2.75, 3.05) is 13.2 Å². The van der Waals surface area contributed by atoms with Crippen LogP contribution in [0.25, 0.3) is 6.08 Å². The number of allylic oxidation sites excluding steroid dienone is 1. The van der Waals surface area contributed by atoms with Crippen molar-refractivity contribution in [3.8, 4) is 5.75 Å². The molecule has 1 aliphatic heterocycles. The van der Waals surface area contributed by atoms with Gasteiger partial charge in [-0.1, -0.05) is 53.3 Å². The molecule has 45 heavy (non-hydrogen) atoms. The highest BCUT2D eigenvalue weighted by molar-refractivity contribution is 14.1. The summed E-state index contributed by atoms with van der Waals surface area (Å²) in [6.07, 6.45) is 1.79. The van der Waals surface area contributed by atoms with Gasteiger partial charge in [0.25, 0.3) is 5.56 Å². The molecule has 0 radical (unpaired) electrons. The van der Waals surface area contributed by atoms with Crippen LogP contribution in [0, 0.1) is 3.57 Å². The fraction of sp³-hybridized carbons (Fsp3) is 0.212. The van der Waals surface area contributed by atoms with Gasteiger partial charge in [0.05, 0.1) is 42.6 Å². The highest BCUT2D eigenvalue weighted by Gasteiger charge is 2.34. The zero-order chi connectivity index (χ0) is 32.2. The number of carbonyl (C=O) groups excluding carboxylic acids is 2. The molecule has 5 rings (SSSR count). The van der Waals surface area contributed by atoms with Crippen LogP contribution in [0.2, 0.25) is 5.02 Å². The number of aromatic nitrogens is 1. The Kier molecular flexibility index (Phi) is 10.6. The highest BCUT2D eigenvalue weighted by Crippen LogP contribution is 2.35. The van der Waals surface area contributed by atoms with Crippen molar-refractivity contribution in [3.05, 3.63) is 127 Å². The van der Waals surface area contributed by atoms with Gasteiger partial charge < -0.3 is 14.2 Å². The molecule has 0 saturated heterocycles. The largest absolute Gasteiger partial charge is 0.487 e. The molecule has 0 unspecified atom stereocenters. The van der Waals surface area contributed by atoms with Gasteiger partial charge in [0.15, 0.2) is 4.80 Å². The second-order valence-electron chi connectivity index (χ2n) is 9.84. The number of halogens is 3. The van der Waals surface area contributed by atoms with Crippen molar-refractivity contribution in [1.29, 1.82) is 0 Å². The van der Waals surface area contributed by atoms with E-state index in [0.717, 1.165) is 14.7 Å². The number of carbonyl (C=O) groups is 2. The van der Waals surface area contributed by atoms with Crippen LogP contribution in [0.3, 0.4) is 0 Å². The first kappa shape index (κ1) is 33.1. The average Bonchev–Trinajstić information content (AvgIpc) is 3.30. The highest BCUT2D eigenvalue weighted by atomic mass is 127. The number of nitrogens with zero attached hydrogens (tertiary/aromatic N) is 2. The summed E-state index contributed by atoms with van der Waals surface area (Å²) < 4.78 is 20.0. The van der Waals surface area contributed by atoms with Gasteiger partial charge in [-0.15, -0.1) is 0 Å². The van der Waals surface area contributed by atoms with Gasteiger partial charge in [-0.3, -0.25) is 9.36 Å². The summed E-state index contributed by atoms with van der Waals surface area (Å²) in [6, 6.07) is 17.2. The predicted octanol–water partition coefficient (Wildman–Crippen LogP) is 6.57. The number of hydrogen-bond donors (Lipinski definition) is 0. The molecule has 0 spiro atoms. The van der Waals surface area contributed by atoms with Crippen LogP contribution in [0.5, 0.6) is 5.75 Å². The minimum Gasteiger partial charge on any atom is -0.487 e. The first-order chi connectivity index (χ1) is 21.6. The molecular weight excluding hydrogens is 795 g/mol. The Morgan fingerprint density at radius 1 is 1.07 bits per heavy atom. The average molecular weight is 822 g/mol. The number of rotatable bonds is 9. The number of ether oxygens (including phenoxy) is 3. The molecule has 8 nitrogen and oxygen atoms in total. The van der Waals surface area contributed by atoms with E-state index in [9.17, 15) is 14.4 Å². The molecule has 0 N–H and O–H groups in total. The lowest BCUT2D eigenvalue weighted by Gasteiger charge is -2.25. The minimum atomic E-state index is -0.787. The molecule has 4 aromatic rings. The minimum absolute atomic E-state index is 0.185. The summed E-state index contributed by atoms with van der Waals surface area (Å²) in [6.45, 7) is 6.03. The second-order valence-corrected chi connectivity index (χ2v) is 13.3. The molecule has 12 heteroatoms. The van der Waals surface area contributed by atoms with E-state index in [0.29, 0.717) is 54.6 Å². The molecule has 0 aliphatic carbocycles. The fourth-order valence-corrected chi connectivity index (χ4v) is 7.90. The quantitative estimate of drug-likeness (QED) is 0.140. The number of hydrogen-bond acceptors (Lipinski definition) is 8. The third-order valence-corrected chi connectivity index (χ3v) is 9.60. The van der Waals surface area contributed by atoms with Crippen LogP contribution >= 0.6 is 61.5 Å². The SMILES string of the molecule is CCOC(=O)C1=C(C)N=c2s/c(=C\c3cc(Br)c(OCc4ccc(C(=O)OCC)cc4)c(I)c3)c(=O)n2[C@H]1c1ccccc1Cl. The summed E-state index contributed by atoms with van der Waals surface area (Å²) in [5.74, 6) is -0.252. The number of fused-ring (bicyclic) bond motifs is 1. The van der Waals surface area contributed by atoms with E-state index in [1.807, 2.05) is 30.3 Å². The van der Waals surface area contributed by atoms with Crippen LogP contribution in [0.1, 0.15) is 53.9 Å². The zero-order valence-electron chi connectivity index (χ0n) is 24.4. The molecule has 2 heterocycles. The lowest BCUT2D eigenvalue weighted by molar-refractivity contribution is -0.139. The van der Waals surface area contributed by atoms with Crippen molar-refractivity contribution in [3.63, 3.8) is 0 Å². The molecule has 0 fully saturated rings. The van der Waals surface area contributed by atoms with Gasteiger partial charge in [-0.25, -0.2) is 14.6 Å². The van der Waals surface area contributed by atoms with Crippen molar-refractivity contribution < 1.29 is 23.8 Å². The monoisotopic (exact) mass is 820 g/mol. The Morgan fingerprint density at radius 3 is 2.42 bits per heavy atom. The van der Waals surface area contributed by atoms with Crippen molar-refractivity contribution in [2.45, 2.75) is 33.4 Å². The Hall–Kier alpha value is -3.26. The number of benzene rings is 3. The van der Waals surface area contributed by atoms with Gasteiger partial charge >= 0.3 is 11.9 Å². The molecule has 0 saturated carbocycles.